The average molecular weight is 361 g/mol. The van der Waals surface area contributed by atoms with Gasteiger partial charge in [-0.05, 0) is 34.7 Å². The molecule has 0 aromatic heterocycles. The van der Waals surface area contributed by atoms with Crippen molar-refractivity contribution in [2.45, 2.75) is 0 Å². The van der Waals surface area contributed by atoms with Crippen LogP contribution in [0.3, 0.4) is 0 Å². The van der Waals surface area contributed by atoms with Crippen LogP contribution >= 0.6 is 38.5 Å². The molecule has 1 aromatic rings. The van der Waals surface area contributed by atoms with Gasteiger partial charge in [0, 0.05) is 5.56 Å². The van der Waals surface area contributed by atoms with Crippen LogP contribution in [0, 0.1) is 15.2 Å². The van der Waals surface area contributed by atoms with E-state index in [1.54, 1.807) is 22.6 Å². The van der Waals surface area contributed by atoms with E-state index in [0.717, 1.165) is 6.07 Å². The Morgan fingerprint density at radius 1 is 1.46 bits per heavy atom. The smallest absolute Gasteiger partial charge is 0.173 e. The van der Waals surface area contributed by atoms with Crippen LogP contribution < -0.4 is 0 Å². The lowest BCUT2D eigenvalue weighted by atomic mass is 10.1. The second-order valence-electron chi connectivity index (χ2n) is 2.31. The first kappa shape index (κ1) is 11.0. The van der Waals surface area contributed by atoms with Crippen LogP contribution in [0.2, 0.25) is 0 Å². The van der Waals surface area contributed by atoms with Crippen LogP contribution in [0.5, 0.6) is 0 Å². The Balaban J connectivity index is 3.20. The molecular formula is C8H4BrF2IO. The van der Waals surface area contributed by atoms with Gasteiger partial charge in [-0.1, -0.05) is 15.9 Å². The van der Waals surface area contributed by atoms with Crippen molar-refractivity contribution in [2.75, 3.05) is 5.33 Å². The van der Waals surface area contributed by atoms with Gasteiger partial charge in [-0.15, -0.1) is 0 Å². The highest BCUT2D eigenvalue weighted by Gasteiger charge is 2.12. The molecule has 0 unspecified atom stereocenters. The second kappa shape index (κ2) is 4.45. The lowest BCUT2D eigenvalue weighted by molar-refractivity contribution is 0.102. The molecule has 0 fully saturated rings. The third-order valence-electron chi connectivity index (χ3n) is 1.43. The summed E-state index contributed by atoms with van der Waals surface area (Å²) in [5, 5.41) is 0.105. The van der Waals surface area contributed by atoms with Gasteiger partial charge < -0.3 is 0 Å². The first-order valence-corrected chi connectivity index (χ1v) is 5.50. The maximum atomic E-state index is 12.8. The fourth-order valence-electron chi connectivity index (χ4n) is 0.794. The van der Waals surface area contributed by atoms with Gasteiger partial charge in [0.25, 0.3) is 0 Å². The minimum atomic E-state index is -0.990. The van der Waals surface area contributed by atoms with E-state index in [0.29, 0.717) is 0 Å². The molecule has 0 bridgehead atoms. The summed E-state index contributed by atoms with van der Waals surface area (Å²) in [4.78, 5) is 11.1. The van der Waals surface area contributed by atoms with E-state index >= 15 is 0 Å². The van der Waals surface area contributed by atoms with Crippen LogP contribution in [-0.2, 0) is 0 Å². The van der Waals surface area contributed by atoms with Gasteiger partial charge in [-0.25, -0.2) is 8.78 Å². The number of hydrogen-bond acceptors (Lipinski definition) is 1. The Bertz CT molecular complexity index is 331. The Kier molecular flexibility index (Phi) is 3.78. The van der Waals surface area contributed by atoms with Gasteiger partial charge in [-0.3, -0.25) is 4.79 Å². The summed E-state index contributed by atoms with van der Waals surface area (Å²) in [5.74, 6) is -2.17. The van der Waals surface area contributed by atoms with E-state index < -0.39 is 11.6 Å². The predicted octanol–water partition coefficient (Wildman–Crippen LogP) is 3.15. The van der Waals surface area contributed by atoms with Crippen molar-refractivity contribution in [1.29, 1.82) is 0 Å². The highest BCUT2D eigenvalue weighted by Crippen LogP contribution is 2.17. The van der Waals surface area contributed by atoms with Crippen molar-refractivity contribution in [2.24, 2.45) is 0 Å². The topological polar surface area (TPSA) is 17.1 Å². The maximum Gasteiger partial charge on any atom is 0.173 e. The molecule has 0 amide bonds. The number of halogens is 4. The maximum absolute atomic E-state index is 12.8. The molecule has 0 N–H and O–H groups in total. The lowest BCUT2D eigenvalue weighted by Crippen LogP contribution is -2.03. The third kappa shape index (κ3) is 2.46. The van der Waals surface area contributed by atoms with Crippen molar-refractivity contribution >= 4 is 44.3 Å². The molecular weight excluding hydrogens is 357 g/mol. The molecule has 0 aliphatic carbocycles. The van der Waals surface area contributed by atoms with Crippen molar-refractivity contribution in [3.05, 3.63) is 32.9 Å². The van der Waals surface area contributed by atoms with E-state index in [1.807, 2.05) is 0 Å². The number of Topliss-reactive ketones (excluding diaryl/α,β-unsaturated/α-hetero) is 1. The molecule has 0 spiro atoms. The number of benzene rings is 1. The molecule has 1 nitrogen and oxygen atoms in total. The Labute approximate surface area is 95.8 Å². The number of rotatable bonds is 2. The Hall–Kier alpha value is -0.0400. The van der Waals surface area contributed by atoms with Crippen molar-refractivity contribution in [3.8, 4) is 0 Å². The normalized spacial score (nSPS) is 10.2. The average Bonchev–Trinajstić information content (AvgIpc) is 2.12. The van der Waals surface area contributed by atoms with Gasteiger partial charge in [0.05, 0.1) is 8.90 Å². The van der Waals surface area contributed by atoms with Crippen LogP contribution in [-0.4, -0.2) is 11.1 Å². The molecule has 0 radical (unpaired) electrons. The zero-order valence-electron chi connectivity index (χ0n) is 6.28. The number of alkyl halides is 1. The van der Waals surface area contributed by atoms with E-state index in [-0.39, 0.29) is 20.2 Å². The molecule has 0 atom stereocenters. The summed E-state index contributed by atoms with van der Waals surface area (Å²) in [6, 6.07) is 2.23. The summed E-state index contributed by atoms with van der Waals surface area (Å²) in [7, 11) is 0. The monoisotopic (exact) mass is 360 g/mol. The Morgan fingerprint density at radius 3 is 2.54 bits per heavy atom. The second-order valence-corrected chi connectivity index (χ2v) is 4.03. The van der Waals surface area contributed by atoms with Crippen molar-refractivity contribution in [3.63, 3.8) is 0 Å². The van der Waals surface area contributed by atoms with Gasteiger partial charge in [0.15, 0.2) is 17.4 Å². The lowest BCUT2D eigenvalue weighted by Gasteiger charge is -2.00. The van der Waals surface area contributed by atoms with Gasteiger partial charge in [-0.2, -0.15) is 0 Å². The first-order valence-electron chi connectivity index (χ1n) is 3.30. The number of hydrogen-bond donors (Lipinski definition) is 0. The summed E-state index contributed by atoms with van der Waals surface area (Å²) in [6.07, 6.45) is 0. The zero-order chi connectivity index (χ0) is 10.0. The first-order chi connectivity index (χ1) is 6.06. The fourth-order valence-corrected chi connectivity index (χ4v) is 1.71. The van der Waals surface area contributed by atoms with E-state index in [1.165, 1.54) is 6.07 Å². The summed E-state index contributed by atoms with van der Waals surface area (Å²) >= 11 is 4.59. The van der Waals surface area contributed by atoms with Crippen LogP contribution in [0.15, 0.2) is 12.1 Å². The molecule has 0 aliphatic rings. The molecule has 1 rings (SSSR count). The van der Waals surface area contributed by atoms with Crippen molar-refractivity contribution in [1.82, 2.24) is 0 Å². The van der Waals surface area contributed by atoms with Gasteiger partial charge in [0.2, 0.25) is 0 Å². The molecule has 0 aliphatic heterocycles. The third-order valence-corrected chi connectivity index (χ3v) is 2.72. The van der Waals surface area contributed by atoms with Crippen molar-refractivity contribution < 1.29 is 13.6 Å². The molecule has 70 valence electrons. The fraction of sp³-hybridized carbons (Fsp3) is 0.125. The number of carbonyl (C=O) groups is 1. The molecule has 0 saturated carbocycles. The highest BCUT2D eigenvalue weighted by molar-refractivity contribution is 14.1. The SMILES string of the molecule is O=C(CBr)c1cc(F)c(F)c(I)c1. The molecule has 5 heteroatoms. The predicted molar refractivity (Wildman–Crippen MR) is 57.2 cm³/mol. The minimum absolute atomic E-state index is 0.105. The molecule has 0 heterocycles. The summed E-state index contributed by atoms with van der Waals surface area (Å²) in [5.41, 5.74) is 0.181. The minimum Gasteiger partial charge on any atom is -0.293 e. The van der Waals surface area contributed by atoms with Crippen LogP contribution in [0.25, 0.3) is 0 Å². The number of carbonyl (C=O) groups excluding carboxylic acids is 1. The molecule has 1 aromatic carbocycles. The van der Waals surface area contributed by atoms with Gasteiger partial charge >= 0.3 is 0 Å². The highest BCUT2D eigenvalue weighted by atomic mass is 127. The summed E-state index contributed by atoms with van der Waals surface area (Å²) in [6.45, 7) is 0. The van der Waals surface area contributed by atoms with Gasteiger partial charge in [0.1, 0.15) is 0 Å². The number of ketones is 1. The molecule has 0 saturated heterocycles. The van der Waals surface area contributed by atoms with Crippen LogP contribution in [0.1, 0.15) is 10.4 Å². The van der Waals surface area contributed by atoms with E-state index in [9.17, 15) is 13.6 Å². The largest absolute Gasteiger partial charge is 0.293 e. The van der Waals surface area contributed by atoms with E-state index in [2.05, 4.69) is 15.9 Å². The summed E-state index contributed by atoms with van der Waals surface area (Å²) < 4.78 is 25.7. The molecule has 13 heavy (non-hydrogen) atoms. The standard InChI is InChI=1S/C8H4BrF2IO/c9-3-7(13)4-1-5(10)8(11)6(12)2-4/h1-2H,3H2. The van der Waals surface area contributed by atoms with E-state index in [4.69, 9.17) is 0 Å². The zero-order valence-corrected chi connectivity index (χ0v) is 10.0. The Morgan fingerprint density at radius 2 is 2.08 bits per heavy atom. The quantitative estimate of drug-likeness (QED) is 0.343. The van der Waals surface area contributed by atoms with Crippen LogP contribution in [0.4, 0.5) is 8.78 Å².